The Balaban J connectivity index is 2.03. The molecule has 1 aliphatic rings. The molecule has 0 spiro atoms. The van der Waals surface area contributed by atoms with E-state index in [-0.39, 0.29) is 5.54 Å². The molecule has 0 aliphatic carbocycles. The minimum atomic E-state index is 0.0973. The highest BCUT2D eigenvalue weighted by molar-refractivity contribution is 5.15. The third-order valence-corrected chi connectivity index (χ3v) is 3.10. The third kappa shape index (κ3) is 2.24. The summed E-state index contributed by atoms with van der Waals surface area (Å²) in [6.45, 7) is 5.92. The van der Waals surface area contributed by atoms with Crippen LogP contribution in [-0.4, -0.2) is 25.8 Å². The van der Waals surface area contributed by atoms with Crippen LogP contribution in [-0.2, 0) is 4.74 Å². The van der Waals surface area contributed by atoms with Crippen molar-refractivity contribution in [3.63, 3.8) is 0 Å². The molecule has 3 heteroatoms. The maximum atomic E-state index is 5.66. The van der Waals surface area contributed by atoms with Crippen LogP contribution >= 0.6 is 0 Å². The summed E-state index contributed by atoms with van der Waals surface area (Å²) in [5, 5.41) is 3.51. The van der Waals surface area contributed by atoms with E-state index >= 15 is 0 Å². The van der Waals surface area contributed by atoms with Gasteiger partial charge in [0.2, 0.25) is 0 Å². The first-order valence-electron chi connectivity index (χ1n) is 5.43. The lowest BCUT2D eigenvalue weighted by Crippen LogP contribution is -2.40. The Kier molecular flexibility index (Phi) is 2.85. The Hall–Kier alpha value is -0.800. The largest absolute Gasteiger partial charge is 0.466 e. The highest BCUT2D eigenvalue weighted by Gasteiger charge is 2.36. The summed E-state index contributed by atoms with van der Waals surface area (Å²) in [5.74, 6) is 2.57. The van der Waals surface area contributed by atoms with E-state index in [4.69, 9.17) is 9.15 Å². The van der Waals surface area contributed by atoms with Gasteiger partial charge in [-0.05, 0) is 32.4 Å². The Bertz CT molecular complexity index is 334. The second-order valence-corrected chi connectivity index (χ2v) is 4.72. The van der Waals surface area contributed by atoms with E-state index in [1.54, 1.807) is 7.11 Å². The molecule has 1 aliphatic heterocycles. The first-order valence-corrected chi connectivity index (χ1v) is 5.43. The van der Waals surface area contributed by atoms with Crippen molar-refractivity contribution in [3.8, 4) is 0 Å². The number of hydrogen-bond acceptors (Lipinski definition) is 3. The minimum absolute atomic E-state index is 0.0973. The SMILES string of the molecule is COCC1(C)CC(c2ccc(C)o2)CN1. The summed E-state index contributed by atoms with van der Waals surface area (Å²) in [6.07, 6.45) is 1.08. The molecule has 0 amide bonds. The molecule has 1 aromatic heterocycles. The van der Waals surface area contributed by atoms with Crippen LogP contribution in [0.15, 0.2) is 16.5 Å². The Morgan fingerprint density at radius 2 is 2.40 bits per heavy atom. The lowest BCUT2D eigenvalue weighted by molar-refractivity contribution is 0.129. The number of hydrogen-bond donors (Lipinski definition) is 1. The summed E-state index contributed by atoms with van der Waals surface area (Å²) < 4.78 is 10.9. The van der Waals surface area contributed by atoms with E-state index in [2.05, 4.69) is 18.3 Å². The van der Waals surface area contributed by atoms with E-state index in [0.29, 0.717) is 5.92 Å². The molecular formula is C12H19NO2. The first-order chi connectivity index (χ1) is 7.13. The van der Waals surface area contributed by atoms with E-state index in [9.17, 15) is 0 Å². The number of nitrogens with one attached hydrogen (secondary N) is 1. The average Bonchev–Trinajstić information content (AvgIpc) is 2.73. The van der Waals surface area contributed by atoms with Crippen LogP contribution in [0.3, 0.4) is 0 Å². The van der Waals surface area contributed by atoms with Gasteiger partial charge >= 0.3 is 0 Å². The van der Waals surface area contributed by atoms with E-state index < -0.39 is 0 Å². The predicted octanol–water partition coefficient (Wildman–Crippen LogP) is 2.07. The Labute approximate surface area is 90.8 Å². The molecule has 1 fully saturated rings. The van der Waals surface area contributed by atoms with E-state index in [0.717, 1.165) is 31.1 Å². The second-order valence-electron chi connectivity index (χ2n) is 4.72. The predicted molar refractivity (Wildman–Crippen MR) is 59.1 cm³/mol. The number of rotatable bonds is 3. The lowest BCUT2D eigenvalue weighted by Gasteiger charge is -2.22. The zero-order chi connectivity index (χ0) is 10.9. The van der Waals surface area contributed by atoms with Crippen molar-refractivity contribution in [2.75, 3.05) is 20.3 Å². The molecule has 0 saturated carbocycles. The highest BCUT2D eigenvalue weighted by Crippen LogP contribution is 2.32. The van der Waals surface area contributed by atoms with Gasteiger partial charge in [-0.1, -0.05) is 0 Å². The Morgan fingerprint density at radius 3 is 3.00 bits per heavy atom. The van der Waals surface area contributed by atoms with Gasteiger partial charge in [0.05, 0.1) is 6.61 Å². The van der Waals surface area contributed by atoms with Gasteiger partial charge in [-0.15, -0.1) is 0 Å². The number of methoxy groups -OCH3 is 1. The van der Waals surface area contributed by atoms with Crippen LogP contribution in [0.5, 0.6) is 0 Å². The molecule has 3 nitrogen and oxygen atoms in total. The first kappa shape index (κ1) is 10.7. The molecule has 2 unspecified atom stereocenters. The molecule has 0 radical (unpaired) electrons. The molecule has 2 heterocycles. The topological polar surface area (TPSA) is 34.4 Å². The second kappa shape index (κ2) is 3.99. The number of furan rings is 1. The molecule has 2 atom stereocenters. The fraction of sp³-hybridized carbons (Fsp3) is 0.667. The maximum absolute atomic E-state index is 5.66. The number of aryl methyl sites for hydroxylation is 1. The molecule has 15 heavy (non-hydrogen) atoms. The fourth-order valence-corrected chi connectivity index (χ4v) is 2.36. The van der Waals surface area contributed by atoms with Crippen LogP contribution in [0, 0.1) is 6.92 Å². The zero-order valence-corrected chi connectivity index (χ0v) is 9.67. The van der Waals surface area contributed by atoms with Crippen LogP contribution < -0.4 is 5.32 Å². The van der Waals surface area contributed by atoms with Gasteiger partial charge < -0.3 is 14.5 Å². The normalized spacial score (nSPS) is 31.0. The fourth-order valence-electron chi connectivity index (χ4n) is 2.36. The standard InChI is InChI=1S/C12H19NO2/c1-9-4-5-11(15-9)10-6-12(2,8-14-3)13-7-10/h4-5,10,13H,6-8H2,1-3H3. The van der Waals surface area contributed by atoms with Gasteiger partial charge in [-0.2, -0.15) is 0 Å². The van der Waals surface area contributed by atoms with Crippen LogP contribution in [0.25, 0.3) is 0 Å². The van der Waals surface area contributed by atoms with Crippen molar-refractivity contribution in [1.82, 2.24) is 5.32 Å². The summed E-state index contributed by atoms with van der Waals surface area (Å²) in [6, 6.07) is 4.11. The van der Waals surface area contributed by atoms with Crippen LogP contribution in [0.2, 0.25) is 0 Å². The summed E-state index contributed by atoms with van der Waals surface area (Å²) >= 11 is 0. The third-order valence-electron chi connectivity index (χ3n) is 3.10. The molecule has 1 saturated heterocycles. The summed E-state index contributed by atoms with van der Waals surface area (Å²) in [4.78, 5) is 0. The monoisotopic (exact) mass is 209 g/mol. The molecule has 2 rings (SSSR count). The van der Waals surface area contributed by atoms with E-state index in [1.807, 2.05) is 13.0 Å². The van der Waals surface area contributed by atoms with Crippen molar-refractivity contribution in [2.24, 2.45) is 0 Å². The van der Waals surface area contributed by atoms with Gasteiger partial charge in [0.15, 0.2) is 0 Å². The van der Waals surface area contributed by atoms with Crippen molar-refractivity contribution >= 4 is 0 Å². The quantitative estimate of drug-likeness (QED) is 0.827. The molecule has 1 aromatic rings. The average molecular weight is 209 g/mol. The van der Waals surface area contributed by atoms with Crippen molar-refractivity contribution < 1.29 is 9.15 Å². The summed E-state index contributed by atoms with van der Waals surface area (Å²) in [5.41, 5.74) is 0.0973. The maximum Gasteiger partial charge on any atom is 0.108 e. The van der Waals surface area contributed by atoms with Gasteiger partial charge in [-0.25, -0.2) is 0 Å². The molecule has 0 bridgehead atoms. The number of ether oxygens (including phenoxy) is 1. The van der Waals surface area contributed by atoms with Gasteiger partial charge in [0.25, 0.3) is 0 Å². The van der Waals surface area contributed by atoms with Gasteiger partial charge in [0.1, 0.15) is 11.5 Å². The Morgan fingerprint density at radius 1 is 1.60 bits per heavy atom. The van der Waals surface area contributed by atoms with Crippen LogP contribution in [0.4, 0.5) is 0 Å². The highest BCUT2D eigenvalue weighted by atomic mass is 16.5. The van der Waals surface area contributed by atoms with Crippen molar-refractivity contribution in [2.45, 2.75) is 31.7 Å². The van der Waals surface area contributed by atoms with E-state index in [1.165, 1.54) is 0 Å². The van der Waals surface area contributed by atoms with Crippen molar-refractivity contribution in [3.05, 3.63) is 23.7 Å². The minimum Gasteiger partial charge on any atom is -0.466 e. The van der Waals surface area contributed by atoms with Gasteiger partial charge in [0, 0.05) is 25.1 Å². The molecule has 84 valence electrons. The lowest BCUT2D eigenvalue weighted by atomic mass is 9.94. The van der Waals surface area contributed by atoms with Gasteiger partial charge in [-0.3, -0.25) is 0 Å². The molecule has 0 aromatic carbocycles. The molecular weight excluding hydrogens is 190 g/mol. The van der Waals surface area contributed by atoms with Crippen molar-refractivity contribution in [1.29, 1.82) is 0 Å². The van der Waals surface area contributed by atoms with Crippen LogP contribution in [0.1, 0.15) is 30.8 Å². The zero-order valence-electron chi connectivity index (χ0n) is 9.67. The molecule has 1 N–H and O–H groups in total. The smallest absolute Gasteiger partial charge is 0.108 e. The summed E-state index contributed by atoms with van der Waals surface area (Å²) in [7, 11) is 1.75.